The van der Waals surface area contributed by atoms with Crippen LogP contribution < -0.4 is 11.1 Å². The molecule has 0 saturated carbocycles. The lowest BCUT2D eigenvalue weighted by Gasteiger charge is -2.29. The summed E-state index contributed by atoms with van der Waals surface area (Å²) in [4.78, 5) is 22.8. The Kier molecular flexibility index (Phi) is 5.61. The van der Waals surface area contributed by atoms with Crippen LogP contribution in [0.1, 0.15) is 41.0 Å². The number of nitrogens with one attached hydrogen (secondary N) is 1. The number of carboxylic acids is 1. The maximum Gasteiger partial charge on any atom is 0.326 e. The first kappa shape index (κ1) is 15.9. The Bertz CT molecular complexity index is 282. The fourth-order valence-electron chi connectivity index (χ4n) is 1.51. The fourth-order valence-corrected chi connectivity index (χ4v) is 1.51. The highest BCUT2D eigenvalue weighted by atomic mass is 16.4. The second-order valence-corrected chi connectivity index (χ2v) is 5.88. The summed E-state index contributed by atoms with van der Waals surface area (Å²) in [6.07, 6.45) is 0.544. The van der Waals surface area contributed by atoms with E-state index in [9.17, 15) is 9.59 Å². The number of rotatable bonds is 5. The zero-order valence-electron chi connectivity index (χ0n) is 11.3. The number of carbonyl (C=O) groups excluding carboxylic acids is 1. The van der Waals surface area contributed by atoms with E-state index in [1.54, 1.807) is 20.8 Å². The molecular formula is C12H24N2O3. The smallest absolute Gasteiger partial charge is 0.326 e. The Balaban J connectivity index is 4.58. The third-order valence-corrected chi connectivity index (χ3v) is 2.46. The molecule has 0 fully saturated rings. The van der Waals surface area contributed by atoms with Crippen LogP contribution in [-0.4, -0.2) is 29.1 Å². The Hall–Kier alpha value is -1.10. The molecule has 4 N–H and O–H groups in total. The van der Waals surface area contributed by atoms with E-state index in [-0.39, 0.29) is 0 Å². The highest BCUT2D eigenvalue weighted by molar-refractivity contribution is 5.87. The molecule has 0 saturated heterocycles. The highest BCUT2D eigenvalue weighted by Crippen LogP contribution is 2.19. The highest BCUT2D eigenvalue weighted by Gasteiger charge is 2.33. The first-order chi connectivity index (χ1) is 7.55. The summed E-state index contributed by atoms with van der Waals surface area (Å²) >= 11 is 0. The van der Waals surface area contributed by atoms with E-state index in [1.807, 2.05) is 13.8 Å². The number of carboxylic acid groups (broad SMARTS) is 1. The molecule has 0 radical (unpaired) electrons. The van der Waals surface area contributed by atoms with Gasteiger partial charge in [0.1, 0.15) is 6.04 Å². The Morgan fingerprint density at radius 2 is 1.76 bits per heavy atom. The Labute approximate surface area is 103 Å². The zero-order valence-corrected chi connectivity index (χ0v) is 11.3. The molecule has 100 valence electrons. The molecule has 0 aromatic carbocycles. The molecule has 5 nitrogen and oxygen atoms in total. The standard InChI is InChI=1S/C12H24N2O3/c1-7(2)6-8(13)10(15)14-9(11(16)17)12(3,4)5/h7-9H,6,13H2,1-5H3,(H,14,15)(H,16,17)/t8-,9+/m1/s1. The van der Waals surface area contributed by atoms with Crippen LogP contribution in [0.4, 0.5) is 0 Å². The lowest BCUT2D eigenvalue weighted by Crippen LogP contribution is -2.53. The van der Waals surface area contributed by atoms with Gasteiger partial charge in [0, 0.05) is 0 Å². The van der Waals surface area contributed by atoms with E-state index in [1.165, 1.54) is 0 Å². The summed E-state index contributed by atoms with van der Waals surface area (Å²) in [6.45, 7) is 9.22. The third kappa shape index (κ3) is 5.68. The van der Waals surface area contributed by atoms with Crippen LogP contribution in [0.15, 0.2) is 0 Å². The maximum absolute atomic E-state index is 11.7. The largest absolute Gasteiger partial charge is 0.480 e. The molecule has 0 heterocycles. The van der Waals surface area contributed by atoms with Gasteiger partial charge >= 0.3 is 5.97 Å². The number of aliphatic carboxylic acids is 1. The van der Waals surface area contributed by atoms with Crippen LogP contribution in [0.5, 0.6) is 0 Å². The van der Waals surface area contributed by atoms with Gasteiger partial charge in [-0.1, -0.05) is 34.6 Å². The minimum atomic E-state index is -1.04. The number of hydrogen-bond donors (Lipinski definition) is 3. The lowest BCUT2D eigenvalue weighted by molar-refractivity contribution is -0.145. The van der Waals surface area contributed by atoms with Gasteiger partial charge in [0.15, 0.2) is 0 Å². The summed E-state index contributed by atoms with van der Waals surface area (Å²) in [5.74, 6) is -1.14. The second kappa shape index (κ2) is 6.00. The molecule has 5 heteroatoms. The molecular weight excluding hydrogens is 220 g/mol. The normalized spacial score (nSPS) is 15.5. The van der Waals surface area contributed by atoms with E-state index in [4.69, 9.17) is 10.8 Å². The average Bonchev–Trinajstić information content (AvgIpc) is 2.09. The molecule has 0 spiro atoms. The summed E-state index contributed by atoms with van der Waals surface area (Å²) in [7, 11) is 0. The molecule has 2 atom stereocenters. The molecule has 0 aromatic rings. The van der Waals surface area contributed by atoms with Gasteiger partial charge in [-0.05, 0) is 17.8 Å². The first-order valence-electron chi connectivity index (χ1n) is 5.84. The van der Waals surface area contributed by atoms with Gasteiger partial charge in [-0.15, -0.1) is 0 Å². The molecule has 0 aliphatic carbocycles. The number of nitrogens with two attached hydrogens (primary N) is 1. The van der Waals surface area contributed by atoms with E-state index in [0.717, 1.165) is 0 Å². The van der Waals surface area contributed by atoms with Crippen molar-refractivity contribution >= 4 is 11.9 Å². The summed E-state index contributed by atoms with van der Waals surface area (Å²) in [5.41, 5.74) is 5.16. The summed E-state index contributed by atoms with van der Waals surface area (Å²) in [5, 5.41) is 11.6. The summed E-state index contributed by atoms with van der Waals surface area (Å²) in [6, 6.07) is -1.58. The van der Waals surface area contributed by atoms with Crippen LogP contribution in [0.25, 0.3) is 0 Å². The van der Waals surface area contributed by atoms with Crippen molar-refractivity contribution in [1.29, 1.82) is 0 Å². The third-order valence-electron chi connectivity index (χ3n) is 2.46. The zero-order chi connectivity index (χ0) is 13.8. The van der Waals surface area contributed by atoms with Crippen molar-refractivity contribution in [3.8, 4) is 0 Å². The van der Waals surface area contributed by atoms with E-state index < -0.39 is 29.4 Å². The Morgan fingerprint density at radius 1 is 1.29 bits per heavy atom. The number of carbonyl (C=O) groups is 2. The molecule has 0 bridgehead atoms. The van der Waals surface area contributed by atoms with Gasteiger partial charge in [0.05, 0.1) is 6.04 Å². The van der Waals surface area contributed by atoms with Crippen LogP contribution >= 0.6 is 0 Å². The molecule has 1 amide bonds. The molecule has 0 aliphatic heterocycles. The predicted molar refractivity (Wildman–Crippen MR) is 66.5 cm³/mol. The van der Waals surface area contributed by atoms with Crippen LogP contribution in [-0.2, 0) is 9.59 Å². The quantitative estimate of drug-likeness (QED) is 0.672. The van der Waals surface area contributed by atoms with E-state index >= 15 is 0 Å². The average molecular weight is 244 g/mol. The van der Waals surface area contributed by atoms with Crippen LogP contribution in [0.2, 0.25) is 0 Å². The monoisotopic (exact) mass is 244 g/mol. The van der Waals surface area contributed by atoms with Crippen molar-refractivity contribution < 1.29 is 14.7 Å². The SMILES string of the molecule is CC(C)C[C@@H](N)C(=O)N[C@@H](C(=O)O)C(C)(C)C. The molecule has 17 heavy (non-hydrogen) atoms. The van der Waals surface area contributed by atoms with Gasteiger partial charge in [0.2, 0.25) is 5.91 Å². The molecule has 0 aromatic heterocycles. The van der Waals surface area contributed by atoms with Crippen LogP contribution in [0, 0.1) is 11.3 Å². The first-order valence-corrected chi connectivity index (χ1v) is 5.84. The van der Waals surface area contributed by atoms with Gasteiger partial charge in [-0.25, -0.2) is 4.79 Å². The molecule has 0 aliphatic rings. The van der Waals surface area contributed by atoms with Crippen molar-refractivity contribution in [1.82, 2.24) is 5.32 Å². The minimum absolute atomic E-state index is 0.300. The van der Waals surface area contributed by atoms with Gasteiger partial charge < -0.3 is 16.2 Å². The summed E-state index contributed by atoms with van der Waals surface area (Å²) < 4.78 is 0. The van der Waals surface area contributed by atoms with Crippen molar-refractivity contribution in [3.63, 3.8) is 0 Å². The van der Waals surface area contributed by atoms with Gasteiger partial charge in [0.25, 0.3) is 0 Å². The topological polar surface area (TPSA) is 92.4 Å². The van der Waals surface area contributed by atoms with Crippen molar-refractivity contribution in [3.05, 3.63) is 0 Å². The lowest BCUT2D eigenvalue weighted by atomic mass is 9.86. The van der Waals surface area contributed by atoms with Crippen molar-refractivity contribution in [2.24, 2.45) is 17.1 Å². The van der Waals surface area contributed by atoms with E-state index in [0.29, 0.717) is 12.3 Å². The Morgan fingerprint density at radius 3 is 2.06 bits per heavy atom. The van der Waals surface area contributed by atoms with Gasteiger partial charge in [-0.3, -0.25) is 4.79 Å². The van der Waals surface area contributed by atoms with Crippen LogP contribution in [0.3, 0.4) is 0 Å². The predicted octanol–water partition coefficient (Wildman–Crippen LogP) is 0.975. The van der Waals surface area contributed by atoms with Crippen molar-refractivity contribution in [2.75, 3.05) is 0 Å². The van der Waals surface area contributed by atoms with E-state index in [2.05, 4.69) is 5.32 Å². The van der Waals surface area contributed by atoms with Gasteiger partial charge in [-0.2, -0.15) is 0 Å². The minimum Gasteiger partial charge on any atom is -0.480 e. The number of amides is 1. The molecule has 0 unspecified atom stereocenters. The van der Waals surface area contributed by atoms with Crippen molar-refractivity contribution in [2.45, 2.75) is 53.1 Å². The molecule has 0 rings (SSSR count). The number of hydrogen-bond acceptors (Lipinski definition) is 3. The maximum atomic E-state index is 11.7. The second-order valence-electron chi connectivity index (χ2n) is 5.88. The fraction of sp³-hybridized carbons (Fsp3) is 0.833.